The van der Waals surface area contributed by atoms with Crippen LogP contribution < -0.4 is 17.0 Å². The Labute approximate surface area is 251 Å². The summed E-state index contributed by atoms with van der Waals surface area (Å²) in [6, 6.07) is 0. The summed E-state index contributed by atoms with van der Waals surface area (Å²) >= 11 is 1.85. The maximum atomic E-state index is 12.3. The monoisotopic (exact) mass is 647 g/mol. The van der Waals surface area contributed by atoms with E-state index in [4.69, 9.17) is 13.8 Å². The van der Waals surface area contributed by atoms with E-state index in [0.717, 1.165) is 35.6 Å². The molecule has 0 aromatic heterocycles. The number of unbranched alkanes of at least 4 members (excludes halogenated alkanes) is 13. The van der Waals surface area contributed by atoms with E-state index in [2.05, 4.69) is 27.7 Å². The highest BCUT2D eigenvalue weighted by molar-refractivity contribution is 7.99. The van der Waals surface area contributed by atoms with Crippen LogP contribution in [0.1, 0.15) is 125 Å². The molecule has 0 fully saturated rings. The third kappa shape index (κ3) is 23.6. The number of hydrogen-bond donors (Lipinski definition) is 1. The van der Waals surface area contributed by atoms with Gasteiger partial charge in [0.15, 0.2) is 0 Å². The number of phosphoric acid groups is 1. The third-order valence-corrected chi connectivity index (χ3v) is 9.77. The Bertz CT molecular complexity index is 535. The number of nitrogens with zero attached hydrogens (tertiary/aromatic N) is 1. The molecule has 0 aliphatic carbocycles. The standard InChI is InChI=1S/C29H62NO5PS.BrH/c1-6-11-12-13-14-15-16-17-18-19-20-21-22-23-26-37-28-29(33-10-5)27-35-36(31,32)34-25-24-30(7-2,8-3)9-4;/h29H,6-28H2,1-5H3;1H. The smallest absolute Gasteiger partial charge is 0.472 e. The van der Waals surface area contributed by atoms with E-state index in [1.165, 1.54) is 89.9 Å². The molecule has 2 unspecified atom stereocenters. The minimum Gasteiger partial charge on any atom is -1.00 e. The van der Waals surface area contributed by atoms with Crippen molar-refractivity contribution in [1.82, 2.24) is 0 Å². The molecule has 0 aromatic rings. The number of rotatable bonds is 29. The number of ether oxygens (including phenoxy) is 1. The predicted molar refractivity (Wildman–Crippen MR) is 162 cm³/mol. The molecule has 0 radical (unpaired) electrons. The van der Waals surface area contributed by atoms with E-state index in [-0.39, 0.29) is 36.3 Å². The molecule has 1 N–H and O–H groups in total. The fourth-order valence-electron chi connectivity index (χ4n) is 4.70. The first-order valence-electron chi connectivity index (χ1n) is 15.5. The van der Waals surface area contributed by atoms with E-state index in [1.54, 1.807) is 0 Å². The van der Waals surface area contributed by atoms with Gasteiger partial charge in [0, 0.05) is 12.4 Å². The van der Waals surface area contributed by atoms with Crippen LogP contribution >= 0.6 is 19.6 Å². The molecule has 0 heterocycles. The lowest BCUT2D eigenvalue weighted by molar-refractivity contribution is -0.923. The van der Waals surface area contributed by atoms with Crippen LogP contribution in [0, 0.1) is 0 Å². The first-order valence-corrected chi connectivity index (χ1v) is 18.2. The van der Waals surface area contributed by atoms with Crippen molar-refractivity contribution in [2.24, 2.45) is 0 Å². The summed E-state index contributed by atoms with van der Waals surface area (Å²) in [6.45, 7) is 15.2. The first-order chi connectivity index (χ1) is 17.9. The fourth-order valence-corrected chi connectivity index (χ4v) is 6.47. The molecule has 0 saturated heterocycles. The zero-order chi connectivity index (χ0) is 27.7. The van der Waals surface area contributed by atoms with Crippen molar-refractivity contribution >= 4 is 19.6 Å². The van der Waals surface area contributed by atoms with E-state index in [1.807, 2.05) is 18.7 Å². The van der Waals surface area contributed by atoms with Gasteiger partial charge in [-0.2, -0.15) is 11.8 Å². The molecule has 0 amide bonds. The van der Waals surface area contributed by atoms with Gasteiger partial charge in [0.05, 0.1) is 32.3 Å². The molecule has 232 valence electrons. The molecule has 0 spiro atoms. The van der Waals surface area contributed by atoms with Crippen molar-refractivity contribution < 1.29 is 44.7 Å². The molecule has 9 heteroatoms. The van der Waals surface area contributed by atoms with Gasteiger partial charge in [0.2, 0.25) is 0 Å². The van der Waals surface area contributed by atoms with Crippen molar-refractivity contribution in [2.75, 3.05) is 57.5 Å². The van der Waals surface area contributed by atoms with Gasteiger partial charge in [0.25, 0.3) is 0 Å². The van der Waals surface area contributed by atoms with Crippen LogP contribution in [0.5, 0.6) is 0 Å². The van der Waals surface area contributed by atoms with E-state index < -0.39 is 7.82 Å². The second-order valence-electron chi connectivity index (χ2n) is 10.4. The molecular weight excluding hydrogens is 585 g/mol. The van der Waals surface area contributed by atoms with Gasteiger partial charge in [-0.3, -0.25) is 9.05 Å². The van der Waals surface area contributed by atoms with Crippen molar-refractivity contribution in [2.45, 2.75) is 131 Å². The van der Waals surface area contributed by atoms with Gasteiger partial charge in [0.1, 0.15) is 13.2 Å². The molecule has 0 aliphatic heterocycles. The second-order valence-corrected chi connectivity index (χ2v) is 13.0. The Morgan fingerprint density at radius 2 is 1.21 bits per heavy atom. The van der Waals surface area contributed by atoms with Gasteiger partial charge in [-0.25, -0.2) is 4.57 Å². The summed E-state index contributed by atoms with van der Waals surface area (Å²) in [4.78, 5) is 10.1. The third-order valence-electron chi connectivity index (χ3n) is 7.60. The lowest BCUT2D eigenvalue weighted by Crippen LogP contribution is -3.00. The van der Waals surface area contributed by atoms with Crippen molar-refractivity contribution in [3.05, 3.63) is 0 Å². The van der Waals surface area contributed by atoms with Crippen LogP contribution in [-0.4, -0.2) is 73.0 Å². The van der Waals surface area contributed by atoms with E-state index in [9.17, 15) is 9.46 Å². The number of phosphoric ester groups is 1. The average molecular weight is 649 g/mol. The zero-order valence-corrected chi connectivity index (χ0v) is 28.9. The van der Waals surface area contributed by atoms with Gasteiger partial charge in [-0.05, 0) is 39.9 Å². The second kappa shape index (κ2) is 28.0. The summed E-state index contributed by atoms with van der Waals surface area (Å²) in [5.74, 6) is 1.87. The lowest BCUT2D eigenvalue weighted by atomic mass is 10.0. The van der Waals surface area contributed by atoms with Crippen LogP contribution in [0.3, 0.4) is 0 Å². The quantitative estimate of drug-likeness (QED) is 0.0646. The number of quaternary nitrogens is 1. The van der Waals surface area contributed by atoms with Gasteiger partial charge >= 0.3 is 7.82 Å². The Hall–Kier alpha value is 0.860. The molecule has 0 rings (SSSR count). The van der Waals surface area contributed by atoms with Crippen molar-refractivity contribution in [3.8, 4) is 0 Å². The Balaban J connectivity index is 0. The molecule has 2 atom stereocenters. The first kappa shape index (κ1) is 41.0. The summed E-state index contributed by atoms with van der Waals surface area (Å²) in [5.41, 5.74) is 0. The summed E-state index contributed by atoms with van der Waals surface area (Å²) in [5, 5.41) is 0. The average Bonchev–Trinajstić information content (AvgIpc) is 2.89. The highest BCUT2D eigenvalue weighted by Gasteiger charge is 2.27. The van der Waals surface area contributed by atoms with Crippen LogP contribution in [0.4, 0.5) is 0 Å². The van der Waals surface area contributed by atoms with Crippen LogP contribution in [-0.2, 0) is 18.3 Å². The minimum atomic E-state index is -4.06. The molecule has 0 bridgehead atoms. The molecule has 0 aromatic carbocycles. The summed E-state index contributed by atoms with van der Waals surface area (Å²) in [6.07, 6.45) is 19.0. The lowest BCUT2D eigenvalue weighted by Gasteiger charge is -2.35. The molecule has 0 saturated carbocycles. The van der Waals surface area contributed by atoms with Crippen LogP contribution in [0.2, 0.25) is 0 Å². The van der Waals surface area contributed by atoms with Crippen LogP contribution in [0.25, 0.3) is 0 Å². The number of halogens is 1. The molecule has 6 nitrogen and oxygen atoms in total. The maximum Gasteiger partial charge on any atom is 0.472 e. The number of likely N-dealkylation sites (N-methyl/N-ethyl adjacent to an activating group) is 1. The van der Waals surface area contributed by atoms with Gasteiger partial charge < -0.3 is 31.1 Å². The Kier molecular flexibility index (Phi) is 30.2. The fraction of sp³-hybridized carbons (Fsp3) is 1.00. The van der Waals surface area contributed by atoms with Crippen LogP contribution in [0.15, 0.2) is 0 Å². The summed E-state index contributed by atoms with van der Waals surface area (Å²) < 4.78 is 29.5. The maximum absolute atomic E-state index is 12.3. The molecular formula is C29H63BrNO5PS. The Morgan fingerprint density at radius 3 is 1.66 bits per heavy atom. The zero-order valence-electron chi connectivity index (χ0n) is 25.6. The largest absolute Gasteiger partial charge is 1.00 e. The normalized spacial score (nSPS) is 14.3. The van der Waals surface area contributed by atoms with Gasteiger partial charge in [-0.1, -0.05) is 90.4 Å². The highest BCUT2D eigenvalue weighted by Crippen LogP contribution is 2.43. The number of hydrogen-bond acceptors (Lipinski definition) is 5. The molecule has 0 aliphatic rings. The van der Waals surface area contributed by atoms with Crippen molar-refractivity contribution in [1.29, 1.82) is 0 Å². The highest BCUT2D eigenvalue weighted by atomic mass is 79.9. The van der Waals surface area contributed by atoms with E-state index >= 15 is 0 Å². The summed E-state index contributed by atoms with van der Waals surface area (Å²) in [7, 11) is -4.06. The Morgan fingerprint density at radius 1 is 0.737 bits per heavy atom. The topological polar surface area (TPSA) is 65.0 Å². The van der Waals surface area contributed by atoms with Crippen molar-refractivity contribution in [3.63, 3.8) is 0 Å². The van der Waals surface area contributed by atoms with Gasteiger partial charge in [-0.15, -0.1) is 0 Å². The molecule has 38 heavy (non-hydrogen) atoms. The predicted octanol–water partition coefficient (Wildman–Crippen LogP) is 5.62. The number of thioether (sulfide) groups is 1. The van der Waals surface area contributed by atoms with E-state index in [0.29, 0.717) is 13.2 Å². The minimum absolute atomic E-state index is 0. The SMILES string of the molecule is CCCCCCCCCCCCCCCCSCC(COP(=O)(O)OCC[N+](CC)(CC)CC)OCC.[Br-].